The number of ether oxygens (including phenoxy) is 1. The minimum absolute atomic E-state index is 0.123. The van der Waals surface area contributed by atoms with Crippen LogP contribution in [-0.2, 0) is 13.0 Å². The Morgan fingerprint density at radius 2 is 1.88 bits per heavy atom. The summed E-state index contributed by atoms with van der Waals surface area (Å²) >= 11 is 0. The first-order valence-electron chi connectivity index (χ1n) is 10.1. The minimum Gasteiger partial charge on any atom is -0.497 e. The first kappa shape index (κ1) is 23.1. The zero-order chi connectivity index (χ0) is 22.9. The highest BCUT2D eigenvalue weighted by atomic mass is 19.1. The third-order valence-corrected chi connectivity index (χ3v) is 4.91. The van der Waals surface area contributed by atoms with E-state index in [-0.39, 0.29) is 13.0 Å². The Bertz CT molecular complexity index is 1070. The lowest BCUT2D eigenvalue weighted by Gasteiger charge is -2.26. The normalized spacial score (nSPS) is 12.6. The Morgan fingerprint density at radius 1 is 1.09 bits per heavy atom. The molecule has 0 radical (unpaired) electrons. The Morgan fingerprint density at radius 3 is 2.59 bits per heavy atom. The fourth-order valence-corrected chi connectivity index (χ4v) is 3.34. The summed E-state index contributed by atoms with van der Waals surface area (Å²) in [6, 6.07) is 15.4. The van der Waals surface area contributed by atoms with Crippen LogP contribution in [0, 0.1) is 23.0 Å². The number of methoxy groups -OCH3 is 1. The molecule has 0 saturated carbocycles. The van der Waals surface area contributed by atoms with Crippen LogP contribution >= 0.6 is 0 Å². The summed E-state index contributed by atoms with van der Waals surface area (Å²) in [4.78, 5) is 4.17. The van der Waals surface area contributed by atoms with Crippen LogP contribution in [-0.4, -0.2) is 35.9 Å². The molecule has 32 heavy (non-hydrogen) atoms. The quantitative estimate of drug-likeness (QED) is 0.450. The maximum atomic E-state index is 13.7. The number of hydrogen-bond acceptors (Lipinski definition) is 6. The Balaban J connectivity index is 1.73. The predicted octanol–water partition coefficient (Wildman–Crippen LogP) is 3.41. The number of aliphatic hydroxyl groups is 1. The van der Waals surface area contributed by atoms with Gasteiger partial charge in [-0.15, -0.1) is 0 Å². The molecule has 0 aliphatic heterocycles. The number of nitrogens with one attached hydrogen (secondary N) is 2. The van der Waals surface area contributed by atoms with Gasteiger partial charge in [0.25, 0.3) is 0 Å². The summed E-state index contributed by atoms with van der Waals surface area (Å²) in [5.74, 6) is -0.361. The second-order valence-electron chi connectivity index (χ2n) is 7.29. The molecule has 0 aliphatic carbocycles. The van der Waals surface area contributed by atoms with E-state index < -0.39 is 23.8 Å². The molecule has 3 aromatic rings. The zero-order valence-electron chi connectivity index (χ0n) is 17.6. The van der Waals surface area contributed by atoms with Crippen LogP contribution in [0.5, 0.6) is 5.75 Å². The van der Waals surface area contributed by atoms with E-state index in [4.69, 9.17) is 4.74 Å². The fraction of sp³-hybridized carbons (Fsp3) is 0.250. The predicted molar refractivity (Wildman–Crippen MR) is 117 cm³/mol. The Labute approximate surface area is 185 Å². The van der Waals surface area contributed by atoms with E-state index in [1.165, 1.54) is 18.3 Å². The average Bonchev–Trinajstić information content (AvgIpc) is 2.78. The first-order chi connectivity index (χ1) is 15.5. The van der Waals surface area contributed by atoms with Gasteiger partial charge in [0.2, 0.25) is 0 Å². The molecule has 1 heterocycles. The molecule has 8 heteroatoms. The molecular formula is C24H24F2N4O2. The van der Waals surface area contributed by atoms with Crippen molar-refractivity contribution < 1.29 is 18.6 Å². The second-order valence-corrected chi connectivity index (χ2v) is 7.29. The van der Waals surface area contributed by atoms with E-state index >= 15 is 0 Å². The standard InChI is InChI=1S/C24H24F2N4O2/c1-32-21-6-2-4-16(10-21)14-28-15-23(31)22(11-17-8-19(25)12-20(26)9-17)30-24-18(13-27)5-3-7-29-24/h2-10,12,22-23,28,31H,11,14-15H2,1H3,(H,29,30). The lowest BCUT2D eigenvalue weighted by molar-refractivity contribution is 0.148. The zero-order valence-corrected chi connectivity index (χ0v) is 17.6. The molecule has 3 N–H and O–H groups in total. The van der Waals surface area contributed by atoms with Crippen molar-refractivity contribution in [3.05, 3.63) is 89.1 Å². The van der Waals surface area contributed by atoms with Crippen LogP contribution in [0.25, 0.3) is 0 Å². The summed E-state index contributed by atoms with van der Waals surface area (Å²) in [6.45, 7) is 0.685. The molecule has 0 amide bonds. The van der Waals surface area contributed by atoms with Crippen molar-refractivity contribution >= 4 is 5.82 Å². The van der Waals surface area contributed by atoms with Gasteiger partial charge in [-0.25, -0.2) is 13.8 Å². The van der Waals surface area contributed by atoms with Gasteiger partial charge in [0, 0.05) is 25.4 Å². The Hall–Kier alpha value is -3.54. The number of rotatable bonds is 10. The van der Waals surface area contributed by atoms with Gasteiger partial charge in [-0.1, -0.05) is 12.1 Å². The molecule has 2 atom stereocenters. The number of aromatic nitrogens is 1. The van der Waals surface area contributed by atoms with Crippen molar-refractivity contribution in [3.8, 4) is 11.8 Å². The SMILES string of the molecule is COc1cccc(CNCC(O)C(Cc2cc(F)cc(F)c2)Nc2ncccc2C#N)c1. The molecule has 166 valence electrons. The van der Waals surface area contributed by atoms with E-state index in [1.54, 1.807) is 19.2 Å². The van der Waals surface area contributed by atoms with Crippen molar-refractivity contribution in [2.24, 2.45) is 0 Å². The van der Waals surface area contributed by atoms with Gasteiger partial charge in [0.05, 0.1) is 24.8 Å². The summed E-state index contributed by atoms with van der Waals surface area (Å²) in [6.07, 6.45) is 0.702. The summed E-state index contributed by atoms with van der Waals surface area (Å²) in [7, 11) is 1.59. The van der Waals surface area contributed by atoms with E-state index in [9.17, 15) is 19.1 Å². The molecule has 3 rings (SSSR count). The van der Waals surface area contributed by atoms with E-state index in [0.29, 0.717) is 23.5 Å². The molecule has 2 unspecified atom stereocenters. The molecule has 0 fully saturated rings. The maximum Gasteiger partial charge on any atom is 0.144 e. The summed E-state index contributed by atoms with van der Waals surface area (Å²) in [5, 5.41) is 26.4. The lowest BCUT2D eigenvalue weighted by atomic mass is 10.00. The minimum atomic E-state index is -0.944. The van der Waals surface area contributed by atoms with E-state index in [2.05, 4.69) is 15.6 Å². The smallest absolute Gasteiger partial charge is 0.144 e. The van der Waals surface area contributed by atoms with Gasteiger partial charge < -0.3 is 20.5 Å². The summed E-state index contributed by atoms with van der Waals surface area (Å²) in [5.41, 5.74) is 1.66. The monoisotopic (exact) mass is 438 g/mol. The van der Waals surface area contributed by atoms with Gasteiger partial charge in [-0.3, -0.25) is 0 Å². The average molecular weight is 438 g/mol. The summed E-state index contributed by atoms with van der Waals surface area (Å²) < 4.78 is 32.6. The number of benzene rings is 2. The van der Waals surface area contributed by atoms with Crippen molar-refractivity contribution in [1.82, 2.24) is 10.3 Å². The third-order valence-electron chi connectivity index (χ3n) is 4.91. The molecule has 2 aromatic carbocycles. The van der Waals surface area contributed by atoms with Gasteiger partial charge in [-0.2, -0.15) is 5.26 Å². The number of aliphatic hydroxyl groups excluding tert-OH is 1. The first-order valence-corrected chi connectivity index (χ1v) is 10.1. The van der Waals surface area contributed by atoms with Crippen LogP contribution in [0.15, 0.2) is 60.8 Å². The van der Waals surface area contributed by atoms with Crippen LogP contribution < -0.4 is 15.4 Å². The van der Waals surface area contributed by atoms with Gasteiger partial charge in [0.15, 0.2) is 0 Å². The largest absolute Gasteiger partial charge is 0.497 e. The third kappa shape index (κ3) is 6.48. The van der Waals surface area contributed by atoms with Crippen LogP contribution in [0.3, 0.4) is 0 Å². The molecule has 6 nitrogen and oxygen atoms in total. The second kappa shape index (κ2) is 11.2. The molecule has 0 bridgehead atoms. The highest BCUT2D eigenvalue weighted by Crippen LogP contribution is 2.18. The topological polar surface area (TPSA) is 90.2 Å². The van der Waals surface area contributed by atoms with Gasteiger partial charge in [-0.05, 0) is 53.9 Å². The van der Waals surface area contributed by atoms with E-state index in [0.717, 1.165) is 17.4 Å². The number of nitrogens with zero attached hydrogens (tertiary/aromatic N) is 2. The lowest BCUT2D eigenvalue weighted by Crippen LogP contribution is -2.42. The van der Waals surface area contributed by atoms with Crippen LogP contribution in [0.4, 0.5) is 14.6 Å². The fourth-order valence-electron chi connectivity index (χ4n) is 3.34. The van der Waals surface area contributed by atoms with Crippen molar-refractivity contribution in [3.63, 3.8) is 0 Å². The molecular weight excluding hydrogens is 414 g/mol. The van der Waals surface area contributed by atoms with Crippen LogP contribution in [0.1, 0.15) is 16.7 Å². The molecule has 0 saturated heterocycles. The number of halogens is 2. The van der Waals surface area contributed by atoms with Crippen LogP contribution in [0.2, 0.25) is 0 Å². The number of pyridine rings is 1. The molecule has 0 aliphatic rings. The number of anilines is 1. The number of hydrogen-bond donors (Lipinski definition) is 3. The van der Waals surface area contributed by atoms with Crippen molar-refractivity contribution in [2.45, 2.75) is 25.1 Å². The maximum absolute atomic E-state index is 13.7. The highest BCUT2D eigenvalue weighted by Gasteiger charge is 2.22. The van der Waals surface area contributed by atoms with Crippen molar-refractivity contribution in [2.75, 3.05) is 19.0 Å². The molecule has 0 spiro atoms. The van der Waals surface area contributed by atoms with E-state index in [1.807, 2.05) is 30.3 Å². The van der Waals surface area contributed by atoms with Crippen molar-refractivity contribution in [1.29, 1.82) is 5.26 Å². The van der Waals surface area contributed by atoms with Gasteiger partial charge >= 0.3 is 0 Å². The highest BCUT2D eigenvalue weighted by molar-refractivity contribution is 5.52. The Kier molecular flexibility index (Phi) is 8.08. The number of nitriles is 1. The molecule has 1 aromatic heterocycles. The van der Waals surface area contributed by atoms with Gasteiger partial charge in [0.1, 0.15) is 29.3 Å².